The van der Waals surface area contributed by atoms with E-state index in [1.165, 1.54) is 24.0 Å². The fourth-order valence-corrected chi connectivity index (χ4v) is 1.64. The Morgan fingerprint density at radius 2 is 2.54 bits per heavy atom. The standard InChI is InChI=1S/C8H13N3OS/c1-2-6(9)5-13-8-10-4-3-7(12)11-8/h3-4,6H,2,5,9H2,1H3,(H,10,11,12). The third kappa shape index (κ3) is 3.61. The fraction of sp³-hybridized carbons (Fsp3) is 0.500. The Balaban J connectivity index is 2.50. The van der Waals surface area contributed by atoms with Crippen molar-refractivity contribution in [3.8, 4) is 0 Å². The van der Waals surface area contributed by atoms with Crippen molar-refractivity contribution >= 4 is 11.8 Å². The Morgan fingerprint density at radius 1 is 1.77 bits per heavy atom. The van der Waals surface area contributed by atoms with E-state index in [0.717, 1.165) is 12.2 Å². The number of thioether (sulfide) groups is 1. The van der Waals surface area contributed by atoms with Crippen molar-refractivity contribution < 1.29 is 0 Å². The number of hydrogen-bond donors (Lipinski definition) is 2. The molecule has 13 heavy (non-hydrogen) atoms. The maximum Gasteiger partial charge on any atom is 0.251 e. The van der Waals surface area contributed by atoms with Gasteiger partial charge in [-0.25, -0.2) is 4.98 Å². The number of aromatic nitrogens is 2. The molecule has 0 aromatic carbocycles. The summed E-state index contributed by atoms with van der Waals surface area (Å²) in [6.07, 6.45) is 2.43. The van der Waals surface area contributed by atoms with Crippen LogP contribution in [0.5, 0.6) is 0 Å². The van der Waals surface area contributed by atoms with E-state index in [0.29, 0.717) is 5.16 Å². The fourth-order valence-electron chi connectivity index (χ4n) is 0.729. The van der Waals surface area contributed by atoms with E-state index < -0.39 is 0 Å². The lowest BCUT2D eigenvalue weighted by Crippen LogP contribution is -2.21. The van der Waals surface area contributed by atoms with Gasteiger partial charge in [0.15, 0.2) is 5.16 Å². The van der Waals surface area contributed by atoms with Crippen molar-refractivity contribution in [2.75, 3.05) is 5.75 Å². The second-order valence-electron chi connectivity index (χ2n) is 2.72. The van der Waals surface area contributed by atoms with Crippen LogP contribution < -0.4 is 11.3 Å². The number of nitrogens with two attached hydrogens (primary N) is 1. The maximum absolute atomic E-state index is 10.9. The number of nitrogens with one attached hydrogen (secondary N) is 1. The highest BCUT2D eigenvalue weighted by molar-refractivity contribution is 7.99. The molecular weight excluding hydrogens is 186 g/mol. The molecule has 0 aliphatic heterocycles. The van der Waals surface area contributed by atoms with Gasteiger partial charge in [-0.05, 0) is 6.42 Å². The van der Waals surface area contributed by atoms with E-state index in [9.17, 15) is 4.79 Å². The second kappa shape index (κ2) is 5.04. The molecule has 4 nitrogen and oxygen atoms in total. The summed E-state index contributed by atoms with van der Waals surface area (Å²) in [6, 6.07) is 1.56. The van der Waals surface area contributed by atoms with Crippen LogP contribution in [-0.2, 0) is 0 Å². The van der Waals surface area contributed by atoms with Gasteiger partial charge in [-0.1, -0.05) is 18.7 Å². The SMILES string of the molecule is CCC(N)CSc1nccc(=O)[nH]1. The molecule has 0 saturated carbocycles. The van der Waals surface area contributed by atoms with Gasteiger partial charge < -0.3 is 10.7 Å². The van der Waals surface area contributed by atoms with Gasteiger partial charge in [0.2, 0.25) is 0 Å². The molecule has 1 aromatic heterocycles. The zero-order chi connectivity index (χ0) is 9.68. The van der Waals surface area contributed by atoms with Gasteiger partial charge in [0.1, 0.15) is 0 Å². The lowest BCUT2D eigenvalue weighted by atomic mass is 10.3. The van der Waals surface area contributed by atoms with E-state index in [2.05, 4.69) is 9.97 Å². The summed E-state index contributed by atoms with van der Waals surface area (Å²) >= 11 is 1.48. The number of nitrogens with zero attached hydrogens (tertiary/aromatic N) is 1. The van der Waals surface area contributed by atoms with Crippen LogP contribution in [0, 0.1) is 0 Å². The summed E-state index contributed by atoms with van der Waals surface area (Å²) in [5.41, 5.74) is 5.60. The summed E-state index contributed by atoms with van der Waals surface area (Å²) in [5.74, 6) is 0.781. The van der Waals surface area contributed by atoms with E-state index in [-0.39, 0.29) is 11.6 Å². The normalized spacial score (nSPS) is 12.8. The third-order valence-electron chi connectivity index (χ3n) is 1.61. The Kier molecular flexibility index (Phi) is 3.98. The molecule has 1 rings (SSSR count). The Hall–Kier alpha value is -0.810. The second-order valence-corrected chi connectivity index (χ2v) is 3.73. The van der Waals surface area contributed by atoms with Crippen molar-refractivity contribution in [2.24, 2.45) is 5.73 Å². The van der Waals surface area contributed by atoms with Crippen molar-refractivity contribution in [1.29, 1.82) is 0 Å². The molecule has 3 N–H and O–H groups in total. The van der Waals surface area contributed by atoms with Gasteiger partial charge in [-0.2, -0.15) is 0 Å². The molecule has 72 valence electrons. The summed E-state index contributed by atoms with van der Waals surface area (Å²) in [6.45, 7) is 2.03. The smallest absolute Gasteiger partial charge is 0.251 e. The first-order valence-electron chi connectivity index (χ1n) is 4.16. The largest absolute Gasteiger partial charge is 0.327 e. The van der Waals surface area contributed by atoms with Crippen molar-refractivity contribution in [2.45, 2.75) is 24.5 Å². The minimum atomic E-state index is -0.123. The molecule has 1 unspecified atom stereocenters. The highest BCUT2D eigenvalue weighted by Gasteiger charge is 2.01. The molecule has 0 radical (unpaired) electrons. The Bertz CT molecular complexity index is 312. The molecule has 1 heterocycles. The number of rotatable bonds is 4. The molecule has 0 aliphatic carbocycles. The quantitative estimate of drug-likeness (QED) is 0.550. The van der Waals surface area contributed by atoms with Gasteiger partial charge >= 0.3 is 0 Å². The van der Waals surface area contributed by atoms with Gasteiger partial charge in [0.25, 0.3) is 5.56 Å². The Labute approximate surface area is 81.0 Å². The van der Waals surface area contributed by atoms with Crippen LogP contribution in [0.3, 0.4) is 0 Å². The molecule has 0 bridgehead atoms. The zero-order valence-corrected chi connectivity index (χ0v) is 8.30. The van der Waals surface area contributed by atoms with E-state index >= 15 is 0 Å². The maximum atomic E-state index is 10.9. The van der Waals surface area contributed by atoms with Crippen molar-refractivity contribution in [1.82, 2.24) is 9.97 Å². The summed E-state index contributed by atoms with van der Waals surface area (Å²) in [7, 11) is 0. The van der Waals surface area contributed by atoms with Crippen LogP contribution >= 0.6 is 11.8 Å². The average Bonchev–Trinajstić information content (AvgIpc) is 2.14. The lowest BCUT2D eigenvalue weighted by Gasteiger charge is -2.06. The third-order valence-corrected chi connectivity index (χ3v) is 2.68. The first kappa shape index (κ1) is 10.3. The first-order chi connectivity index (χ1) is 6.22. The molecule has 0 spiro atoms. The number of H-pyrrole nitrogens is 1. The molecule has 1 atom stereocenters. The first-order valence-corrected chi connectivity index (χ1v) is 5.14. The minimum absolute atomic E-state index is 0.123. The molecule has 0 fully saturated rings. The van der Waals surface area contributed by atoms with Gasteiger partial charge in [-0.3, -0.25) is 4.79 Å². The highest BCUT2D eigenvalue weighted by atomic mass is 32.2. The predicted molar refractivity (Wildman–Crippen MR) is 53.8 cm³/mol. The van der Waals surface area contributed by atoms with Crippen LogP contribution in [0.25, 0.3) is 0 Å². The summed E-state index contributed by atoms with van der Waals surface area (Å²) in [5, 5.41) is 0.636. The number of aromatic amines is 1. The van der Waals surface area contributed by atoms with Gasteiger partial charge in [0.05, 0.1) is 0 Å². The number of hydrogen-bond acceptors (Lipinski definition) is 4. The van der Waals surface area contributed by atoms with Crippen LogP contribution in [-0.4, -0.2) is 21.8 Å². The summed E-state index contributed by atoms with van der Waals surface area (Å²) in [4.78, 5) is 17.5. The molecule has 1 aromatic rings. The van der Waals surface area contributed by atoms with Crippen molar-refractivity contribution in [3.63, 3.8) is 0 Å². The average molecular weight is 199 g/mol. The zero-order valence-electron chi connectivity index (χ0n) is 7.49. The van der Waals surface area contributed by atoms with E-state index in [1.807, 2.05) is 6.92 Å². The lowest BCUT2D eigenvalue weighted by molar-refractivity contribution is 0.723. The monoisotopic (exact) mass is 199 g/mol. The molecular formula is C8H13N3OS. The van der Waals surface area contributed by atoms with Crippen molar-refractivity contribution in [3.05, 3.63) is 22.6 Å². The Morgan fingerprint density at radius 3 is 3.15 bits per heavy atom. The van der Waals surface area contributed by atoms with Gasteiger partial charge in [0, 0.05) is 24.1 Å². The molecule has 0 amide bonds. The van der Waals surface area contributed by atoms with E-state index in [1.54, 1.807) is 0 Å². The molecule has 0 saturated heterocycles. The van der Waals surface area contributed by atoms with Crippen LogP contribution in [0.15, 0.2) is 22.2 Å². The molecule has 5 heteroatoms. The van der Waals surface area contributed by atoms with Gasteiger partial charge in [-0.15, -0.1) is 0 Å². The topological polar surface area (TPSA) is 71.8 Å². The van der Waals surface area contributed by atoms with Crippen LogP contribution in [0.1, 0.15) is 13.3 Å². The van der Waals surface area contributed by atoms with E-state index in [4.69, 9.17) is 5.73 Å². The highest BCUT2D eigenvalue weighted by Crippen LogP contribution is 2.11. The minimum Gasteiger partial charge on any atom is -0.327 e. The molecule has 0 aliphatic rings. The van der Waals surface area contributed by atoms with Crippen LogP contribution in [0.2, 0.25) is 0 Å². The summed E-state index contributed by atoms with van der Waals surface area (Å²) < 4.78 is 0. The van der Waals surface area contributed by atoms with Crippen LogP contribution in [0.4, 0.5) is 0 Å². The predicted octanol–water partition coefficient (Wildman–Crippen LogP) is 0.599.